The Morgan fingerprint density at radius 2 is 2.37 bits per heavy atom. The number of ether oxygens (including phenoxy) is 1. The molecule has 1 fully saturated rings. The third-order valence-corrected chi connectivity index (χ3v) is 6.44. The van der Waals surface area contributed by atoms with Crippen LogP contribution >= 0.6 is 19.3 Å². The largest absolute Gasteiger partial charge is 0.480 e. The maximum absolute atomic E-state index is 12.7. The average Bonchev–Trinajstić information content (AvgIpc) is 3.05. The lowest BCUT2D eigenvalue weighted by molar-refractivity contribution is -0.139. The minimum absolute atomic E-state index is 0.0549. The Morgan fingerprint density at radius 1 is 1.56 bits per heavy atom. The van der Waals surface area contributed by atoms with Gasteiger partial charge in [-0.25, -0.2) is 20.0 Å². The van der Waals surface area contributed by atoms with Crippen LogP contribution < -0.4 is 10.8 Å². The van der Waals surface area contributed by atoms with Crippen LogP contribution in [-0.2, 0) is 25.2 Å². The summed E-state index contributed by atoms with van der Waals surface area (Å²) in [5, 5.41) is 11.9. The molecule has 1 aliphatic rings. The Hall–Kier alpha value is -1.72. The first-order valence-electron chi connectivity index (χ1n) is 8.18. The molecule has 148 valence electrons. The van der Waals surface area contributed by atoms with E-state index >= 15 is 0 Å². The summed E-state index contributed by atoms with van der Waals surface area (Å²) in [6.45, 7) is 0.432. The number of aliphatic carboxylic acids is 1. The van der Waals surface area contributed by atoms with Crippen molar-refractivity contribution >= 4 is 42.2 Å². The molecule has 0 amide bonds. The molecule has 3 heterocycles. The molecular formula is C14H21N6O5PS. The van der Waals surface area contributed by atoms with Gasteiger partial charge in [-0.1, -0.05) is 0 Å². The number of nitrogen functional groups attached to an aromatic ring is 1. The van der Waals surface area contributed by atoms with Gasteiger partial charge in [-0.3, -0.25) is 9.36 Å². The number of carbonyl (C=O) groups is 1. The van der Waals surface area contributed by atoms with Crippen LogP contribution in [0.25, 0.3) is 11.2 Å². The Morgan fingerprint density at radius 3 is 3.04 bits per heavy atom. The van der Waals surface area contributed by atoms with Gasteiger partial charge in [0.1, 0.15) is 30.3 Å². The van der Waals surface area contributed by atoms with Gasteiger partial charge in [0, 0.05) is 0 Å². The van der Waals surface area contributed by atoms with E-state index in [4.69, 9.17) is 15.0 Å². The van der Waals surface area contributed by atoms with Crippen molar-refractivity contribution < 1.29 is 23.7 Å². The Balaban J connectivity index is 1.60. The van der Waals surface area contributed by atoms with E-state index < -0.39 is 19.5 Å². The fraction of sp³-hybridized carbons (Fsp3) is 0.571. The molecule has 3 rings (SSSR count). The lowest BCUT2D eigenvalue weighted by atomic mass is 10.2. The normalized spacial score (nSPS) is 24.1. The first-order chi connectivity index (χ1) is 12.9. The molecule has 2 unspecified atom stereocenters. The molecule has 0 aliphatic carbocycles. The summed E-state index contributed by atoms with van der Waals surface area (Å²) >= 11 is 1.52. The van der Waals surface area contributed by atoms with E-state index in [2.05, 4.69) is 20.0 Å². The van der Waals surface area contributed by atoms with Crippen molar-refractivity contribution in [1.82, 2.24) is 24.6 Å². The van der Waals surface area contributed by atoms with Crippen LogP contribution in [0, 0.1) is 0 Å². The number of carboxylic acid groups (broad SMARTS) is 1. The molecule has 11 nitrogen and oxygen atoms in total. The standard InChI is InChI=1S/C14H21N6O5PS/c1-27-3-2-10(14(21)22)19-26(23)8-24-9(5-25-26)4-20-7-18-11-12(15)16-6-17-13(11)20/h6-7,9-10H,2-5,8H2,1H3,(H,19,23)(H,21,22)(H2,15,16,17)/t9-,10?,26?/m0/s1. The third kappa shape index (κ3) is 4.77. The van der Waals surface area contributed by atoms with Crippen LogP contribution in [0.4, 0.5) is 5.82 Å². The summed E-state index contributed by atoms with van der Waals surface area (Å²) in [5.41, 5.74) is 6.84. The zero-order valence-electron chi connectivity index (χ0n) is 14.6. The number of rotatable bonds is 8. The predicted octanol–water partition coefficient (Wildman–Crippen LogP) is 0.770. The molecule has 3 atom stereocenters. The van der Waals surface area contributed by atoms with Gasteiger partial charge in [-0.15, -0.1) is 0 Å². The van der Waals surface area contributed by atoms with Crippen molar-refractivity contribution in [3.63, 3.8) is 0 Å². The Bertz CT molecular complexity index is 852. The summed E-state index contributed by atoms with van der Waals surface area (Å²) < 4.78 is 25.6. The van der Waals surface area contributed by atoms with Crippen molar-refractivity contribution in [2.75, 3.05) is 30.7 Å². The topological polar surface area (TPSA) is 154 Å². The lowest BCUT2D eigenvalue weighted by Crippen LogP contribution is -2.40. The van der Waals surface area contributed by atoms with E-state index in [-0.39, 0.29) is 19.1 Å². The average molecular weight is 416 g/mol. The van der Waals surface area contributed by atoms with Gasteiger partial charge in [0.25, 0.3) is 7.52 Å². The predicted molar refractivity (Wildman–Crippen MR) is 101 cm³/mol. The smallest absolute Gasteiger partial charge is 0.321 e. The quantitative estimate of drug-likeness (QED) is 0.523. The minimum Gasteiger partial charge on any atom is -0.480 e. The molecule has 27 heavy (non-hydrogen) atoms. The highest BCUT2D eigenvalue weighted by Gasteiger charge is 2.36. The highest BCUT2D eigenvalue weighted by Crippen LogP contribution is 2.46. The number of aromatic nitrogens is 4. The van der Waals surface area contributed by atoms with Gasteiger partial charge in [-0.05, 0) is 18.4 Å². The Kier molecular flexibility index (Phi) is 6.33. The zero-order valence-corrected chi connectivity index (χ0v) is 16.4. The molecule has 0 spiro atoms. The first kappa shape index (κ1) is 20.0. The monoisotopic (exact) mass is 416 g/mol. The fourth-order valence-electron chi connectivity index (χ4n) is 2.64. The maximum Gasteiger partial charge on any atom is 0.321 e. The van der Waals surface area contributed by atoms with E-state index in [9.17, 15) is 14.5 Å². The van der Waals surface area contributed by atoms with Gasteiger partial charge < -0.3 is 24.7 Å². The number of nitrogens with zero attached hydrogens (tertiary/aromatic N) is 4. The second-order valence-electron chi connectivity index (χ2n) is 6.02. The van der Waals surface area contributed by atoms with Crippen LogP contribution in [-0.4, -0.2) is 67.7 Å². The van der Waals surface area contributed by atoms with Crippen molar-refractivity contribution in [3.05, 3.63) is 12.7 Å². The maximum atomic E-state index is 12.7. The molecule has 4 N–H and O–H groups in total. The second kappa shape index (κ2) is 8.53. The molecule has 0 aromatic carbocycles. The molecule has 0 saturated carbocycles. The summed E-state index contributed by atoms with van der Waals surface area (Å²) in [4.78, 5) is 23.6. The number of fused-ring (bicyclic) bond motifs is 1. The third-order valence-electron chi connectivity index (χ3n) is 4.04. The van der Waals surface area contributed by atoms with Crippen molar-refractivity contribution in [1.29, 1.82) is 0 Å². The van der Waals surface area contributed by atoms with Crippen molar-refractivity contribution in [2.24, 2.45) is 0 Å². The van der Waals surface area contributed by atoms with Crippen molar-refractivity contribution in [3.8, 4) is 0 Å². The summed E-state index contributed by atoms with van der Waals surface area (Å²) in [7, 11) is -3.38. The van der Waals surface area contributed by atoms with Crippen LogP contribution in [0.5, 0.6) is 0 Å². The highest BCUT2D eigenvalue weighted by molar-refractivity contribution is 7.98. The number of nitrogens with one attached hydrogen (secondary N) is 1. The number of anilines is 1. The number of hydrogen-bond donors (Lipinski definition) is 3. The molecule has 0 bridgehead atoms. The molecule has 2 aromatic heterocycles. The summed E-state index contributed by atoms with van der Waals surface area (Å²) in [5.74, 6) is -0.142. The number of imidazole rings is 1. The SMILES string of the molecule is CSCCC(NP1(=O)CO[C@@H](Cn2cnc3c(N)ncnc32)CO1)C(=O)O. The van der Waals surface area contributed by atoms with E-state index in [1.807, 2.05) is 6.26 Å². The zero-order chi connectivity index (χ0) is 19.4. The molecule has 1 aliphatic heterocycles. The van der Waals surface area contributed by atoms with E-state index in [0.29, 0.717) is 35.7 Å². The fourth-order valence-corrected chi connectivity index (χ4v) is 4.86. The van der Waals surface area contributed by atoms with Gasteiger partial charge in [-0.2, -0.15) is 11.8 Å². The minimum atomic E-state index is -3.38. The Labute approximate surface area is 159 Å². The first-order valence-corrected chi connectivity index (χ1v) is 11.4. The highest BCUT2D eigenvalue weighted by atomic mass is 32.2. The van der Waals surface area contributed by atoms with Gasteiger partial charge in [0.15, 0.2) is 11.5 Å². The van der Waals surface area contributed by atoms with E-state index in [0.717, 1.165) is 0 Å². The van der Waals surface area contributed by atoms with Crippen LogP contribution in [0.2, 0.25) is 0 Å². The van der Waals surface area contributed by atoms with Gasteiger partial charge in [0.05, 0.1) is 19.5 Å². The molecule has 13 heteroatoms. The summed E-state index contributed by atoms with van der Waals surface area (Å²) in [6, 6.07) is -0.944. The van der Waals surface area contributed by atoms with Crippen molar-refractivity contribution in [2.45, 2.75) is 25.1 Å². The van der Waals surface area contributed by atoms with E-state index in [1.54, 1.807) is 10.9 Å². The number of carboxylic acids is 1. The van der Waals surface area contributed by atoms with Crippen LogP contribution in [0.3, 0.4) is 0 Å². The number of thioether (sulfide) groups is 1. The molecule has 0 radical (unpaired) electrons. The second-order valence-corrected chi connectivity index (χ2v) is 9.12. The van der Waals surface area contributed by atoms with Gasteiger partial charge in [0.2, 0.25) is 0 Å². The number of hydrogen-bond acceptors (Lipinski definition) is 9. The molecule has 2 aromatic rings. The van der Waals surface area contributed by atoms with Crippen LogP contribution in [0.15, 0.2) is 12.7 Å². The van der Waals surface area contributed by atoms with Crippen LogP contribution in [0.1, 0.15) is 6.42 Å². The van der Waals surface area contributed by atoms with E-state index in [1.165, 1.54) is 18.1 Å². The molecular weight excluding hydrogens is 395 g/mol. The van der Waals surface area contributed by atoms with Gasteiger partial charge >= 0.3 is 5.97 Å². The summed E-state index contributed by atoms with van der Waals surface area (Å²) in [6.07, 6.45) is 4.57. The lowest BCUT2D eigenvalue weighted by Gasteiger charge is -2.31. The molecule has 1 saturated heterocycles. The number of nitrogens with two attached hydrogens (primary N) is 1.